The first kappa shape index (κ1) is 23.5. The van der Waals surface area contributed by atoms with Gasteiger partial charge in [-0.15, -0.1) is 0 Å². The largest absolute Gasteiger partial charge is 0.496 e. The van der Waals surface area contributed by atoms with Gasteiger partial charge in [-0.3, -0.25) is 4.79 Å². The Kier molecular flexibility index (Phi) is 7.01. The third-order valence-corrected chi connectivity index (χ3v) is 6.07. The topological polar surface area (TPSA) is 84.9 Å². The van der Waals surface area contributed by atoms with E-state index in [0.29, 0.717) is 21.9 Å². The number of aliphatic carboxylic acids is 1. The molecule has 0 saturated carbocycles. The molecule has 3 aromatic carbocycles. The lowest BCUT2D eigenvalue weighted by atomic mass is 9.93. The fraction of sp³-hybridized carbons (Fsp3) is 0.185. The third kappa shape index (κ3) is 4.98. The predicted octanol–water partition coefficient (Wildman–Crippen LogP) is 4.90. The van der Waals surface area contributed by atoms with Crippen LogP contribution in [0.5, 0.6) is 5.75 Å². The third-order valence-electron chi connectivity index (χ3n) is 5.76. The van der Waals surface area contributed by atoms with Crippen LogP contribution < -0.4 is 10.1 Å². The molecule has 1 amide bonds. The molecule has 1 atom stereocenters. The first-order valence-electron chi connectivity index (χ1n) is 10.8. The Balaban J connectivity index is 1.49. The van der Waals surface area contributed by atoms with E-state index in [0.717, 1.165) is 16.7 Å². The van der Waals surface area contributed by atoms with Gasteiger partial charge in [0.05, 0.1) is 24.3 Å². The van der Waals surface area contributed by atoms with Crippen LogP contribution in [0.1, 0.15) is 21.5 Å². The second kappa shape index (κ2) is 10.1. The number of benzene rings is 3. The number of hydrogen-bond donors (Lipinski definition) is 2. The van der Waals surface area contributed by atoms with Gasteiger partial charge in [-0.2, -0.15) is 0 Å². The van der Waals surface area contributed by atoms with Gasteiger partial charge in [0.25, 0.3) is 5.91 Å². The Bertz CT molecular complexity index is 1240. The summed E-state index contributed by atoms with van der Waals surface area (Å²) >= 11 is 6.42. The van der Waals surface area contributed by atoms with Crippen LogP contribution in [-0.2, 0) is 22.5 Å². The van der Waals surface area contributed by atoms with E-state index in [-0.39, 0.29) is 25.5 Å². The molecule has 0 aliphatic carbocycles. The second-order valence-electron chi connectivity index (χ2n) is 7.97. The Hall–Kier alpha value is -3.61. The first-order valence-corrected chi connectivity index (χ1v) is 11.1. The minimum atomic E-state index is -1.39. The van der Waals surface area contributed by atoms with Crippen molar-refractivity contribution >= 4 is 23.5 Å². The fourth-order valence-corrected chi connectivity index (χ4v) is 4.23. The quantitative estimate of drug-likeness (QED) is 0.451. The average Bonchev–Trinajstić information content (AvgIpc) is 3.33. The summed E-state index contributed by atoms with van der Waals surface area (Å²) in [5.74, 6) is -0.775. The molecule has 1 aliphatic heterocycles. The van der Waals surface area contributed by atoms with Crippen molar-refractivity contribution in [3.05, 3.63) is 101 Å². The number of rotatable bonds is 8. The number of methoxy groups -OCH3 is 1. The van der Waals surface area contributed by atoms with Crippen LogP contribution in [0, 0.1) is 0 Å². The predicted molar refractivity (Wildman–Crippen MR) is 130 cm³/mol. The SMILES string of the molecule is COc1ccc(CC2(C(=O)O)C=CCO2)cc1CNC(=O)c1ccc(-c2ccccc2)cc1Cl. The molecular formula is C27H24ClNO5. The summed E-state index contributed by atoms with van der Waals surface area (Å²) in [5.41, 5.74) is 2.39. The van der Waals surface area contributed by atoms with Crippen molar-refractivity contribution in [2.75, 3.05) is 13.7 Å². The van der Waals surface area contributed by atoms with E-state index in [2.05, 4.69) is 5.32 Å². The average molecular weight is 478 g/mol. The highest BCUT2D eigenvalue weighted by Crippen LogP contribution is 2.29. The number of carboxylic acid groups (broad SMARTS) is 1. The monoisotopic (exact) mass is 477 g/mol. The zero-order valence-electron chi connectivity index (χ0n) is 18.6. The number of carboxylic acids is 1. The molecule has 7 heteroatoms. The lowest BCUT2D eigenvalue weighted by Gasteiger charge is -2.22. The number of carbonyl (C=O) groups excluding carboxylic acids is 1. The van der Waals surface area contributed by atoms with Gasteiger partial charge in [0.1, 0.15) is 5.75 Å². The number of amides is 1. The minimum absolute atomic E-state index is 0.163. The van der Waals surface area contributed by atoms with Crippen molar-refractivity contribution in [2.45, 2.75) is 18.6 Å². The van der Waals surface area contributed by atoms with E-state index < -0.39 is 11.6 Å². The summed E-state index contributed by atoms with van der Waals surface area (Å²) in [5, 5.41) is 12.9. The molecule has 0 bridgehead atoms. The maximum absolute atomic E-state index is 12.8. The van der Waals surface area contributed by atoms with Gasteiger partial charge in [0, 0.05) is 18.5 Å². The highest BCUT2D eigenvalue weighted by atomic mass is 35.5. The van der Waals surface area contributed by atoms with Crippen molar-refractivity contribution in [3.63, 3.8) is 0 Å². The van der Waals surface area contributed by atoms with Gasteiger partial charge in [-0.25, -0.2) is 4.79 Å². The summed E-state index contributed by atoms with van der Waals surface area (Å²) in [6, 6.07) is 20.5. The van der Waals surface area contributed by atoms with Crippen molar-refractivity contribution in [2.24, 2.45) is 0 Å². The molecule has 1 aliphatic rings. The van der Waals surface area contributed by atoms with E-state index >= 15 is 0 Å². The highest BCUT2D eigenvalue weighted by Gasteiger charge is 2.39. The molecule has 0 saturated heterocycles. The molecule has 34 heavy (non-hydrogen) atoms. The molecule has 1 unspecified atom stereocenters. The number of carbonyl (C=O) groups is 2. The van der Waals surface area contributed by atoms with E-state index in [9.17, 15) is 14.7 Å². The van der Waals surface area contributed by atoms with Crippen LogP contribution in [-0.4, -0.2) is 36.3 Å². The van der Waals surface area contributed by atoms with E-state index in [4.69, 9.17) is 21.1 Å². The van der Waals surface area contributed by atoms with Crippen molar-refractivity contribution in [1.29, 1.82) is 0 Å². The van der Waals surface area contributed by atoms with Crippen LogP contribution in [0.25, 0.3) is 11.1 Å². The van der Waals surface area contributed by atoms with Crippen LogP contribution in [0.15, 0.2) is 78.9 Å². The number of hydrogen-bond acceptors (Lipinski definition) is 4. The smallest absolute Gasteiger partial charge is 0.340 e. The molecule has 2 N–H and O–H groups in total. The Morgan fingerprint density at radius 1 is 1.09 bits per heavy atom. The van der Waals surface area contributed by atoms with Gasteiger partial charge >= 0.3 is 5.97 Å². The van der Waals surface area contributed by atoms with Crippen LogP contribution in [0.4, 0.5) is 0 Å². The summed E-state index contributed by atoms with van der Waals surface area (Å²) in [4.78, 5) is 24.6. The zero-order chi connectivity index (χ0) is 24.1. The van der Waals surface area contributed by atoms with Gasteiger partial charge in [0.15, 0.2) is 5.60 Å². The minimum Gasteiger partial charge on any atom is -0.496 e. The highest BCUT2D eigenvalue weighted by molar-refractivity contribution is 6.34. The number of ether oxygens (including phenoxy) is 2. The first-order chi connectivity index (χ1) is 16.4. The molecule has 3 aromatic rings. The molecular weight excluding hydrogens is 454 g/mol. The van der Waals surface area contributed by atoms with Gasteiger partial charge in [-0.1, -0.05) is 66.2 Å². The molecule has 1 heterocycles. The van der Waals surface area contributed by atoms with E-state index in [1.54, 1.807) is 43.5 Å². The maximum atomic E-state index is 12.8. The molecule has 0 aromatic heterocycles. The second-order valence-corrected chi connectivity index (χ2v) is 8.38. The van der Waals surface area contributed by atoms with E-state index in [1.165, 1.54) is 0 Å². The summed E-state index contributed by atoms with van der Waals surface area (Å²) in [6.45, 7) is 0.443. The van der Waals surface area contributed by atoms with E-state index in [1.807, 2.05) is 42.5 Å². The Morgan fingerprint density at radius 3 is 2.53 bits per heavy atom. The summed E-state index contributed by atoms with van der Waals surface area (Å²) < 4.78 is 10.9. The molecule has 6 nitrogen and oxygen atoms in total. The van der Waals surface area contributed by atoms with Gasteiger partial charge in [-0.05, 0) is 41.0 Å². The van der Waals surface area contributed by atoms with Gasteiger partial charge < -0.3 is 19.9 Å². The van der Waals surface area contributed by atoms with Gasteiger partial charge in [0.2, 0.25) is 0 Å². The lowest BCUT2D eigenvalue weighted by molar-refractivity contribution is -0.156. The Morgan fingerprint density at radius 2 is 1.88 bits per heavy atom. The van der Waals surface area contributed by atoms with Crippen LogP contribution in [0.2, 0.25) is 5.02 Å². The van der Waals surface area contributed by atoms with Crippen molar-refractivity contribution < 1.29 is 24.2 Å². The molecule has 0 fully saturated rings. The molecule has 0 spiro atoms. The van der Waals surface area contributed by atoms with Crippen LogP contribution in [0.3, 0.4) is 0 Å². The standard InChI is InChI=1S/C27H24ClNO5/c1-33-24-11-8-18(16-27(26(31)32)12-5-13-34-27)14-21(24)17-29-25(30)22-10-9-20(15-23(22)28)19-6-3-2-4-7-19/h2-12,14-15H,13,16-17H2,1H3,(H,29,30)(H,31,32). The maximum Gasteiger partial charge on any atom is 0.340 e. The zero-order valence-corrected chi connectivity index (χ0v) is 19.3. The number of halogens is 1. The lowest BCUT2D eigenvalue weighted by Crippen LogP contribution is -2.39. The van der Waals surface area contributed by atoms with Crippen molar-refractivity contribution in [3.8, 4) is 16.9 Å². The fourth-order valence-electron chi connectivity index (χ4n) is 3.97. The molecule has 0 radical (unpaired) electrons. The Labute approximate surface area is 202 Å². The molecule has 174 valence electrons. The molecule has 4 rings (SSSR count). The summed E-state index contributed by atoms with van der Waals surface area (Å²) in [7, 11) is 1.54. The number of nitrogens with one attached hydrogen (secondary N) is 1. The van der Waals surface area contributed by atoms with Crippen molar-refractivity contribution in [1.82, 2.24) is 5.32 Å². The normalized spacial score (nSPS) is 16.9. The summed E-state index contributed by atoms with van der Waals surface area (Å²) in [6.07, 6.45) is 3.43. The van der Waals surface area contributed by atoms with Crippen LogP contribution >= 0.6 is 11.6 Å².